The lowest BCUT2D eigenvalue weighted by molar-refractivity contribution is -0.125. The number of benzene rings is 1. The largest absolute Gasteiger partial charge is 0.452 e. The molecule has 0 radical (unpaired) electrons. The Morgan fingerprint density at radius 1 is 1.35 bits per heavy atom. The number of carbonyl (C=O) groups is 3. The first-order valence-electron chi connectivity index (χ1n) is 7.25. The number of fused-ring (bicyclic) bond motifs is 1. The predicted octanol–water partition coefficient (Wildman–Crippen LogP) is 2.19. The van der Waals surface area contributed by atoms with Gasteiger partial charge in [-0.2, -0.15) is 0 Å². The summed E-state index contributed by atoms with van der Waals surface area (Å²) in [5, 5.41) is 5.30. The zero-order valence-corrected chi connectivity index (χ0v) is 14.4. The van der Waals surface area contributed by atoms with Gasteiger partial charge in [-0.25, -0.2) is 4.79 Å². The number of thioether (sulfide) groups is 1. The molecule has 124 valence electrons. The van der Waals surface area contributed by atoms with E-state index in [9.17, 15) is 14.4 Å². The quantitative estimate of drug-likeness (QED) is 0.827. The number of hydrogen-bond acceptors (Lipinski definition) is 5. The molecule has 0 fully saturated rings. The van der Waals surface area contributed by atoms with Crippen molar-refractivity contribution in [3.8, 4) is 0 Å². The lowest BCUT2D eigenvalue weighted by atomic mass is 10.1. The van der Waals surface area contributed by atoms with Crippen LogP contribution in [0, 0.1) is 0 Å². The van der Waals surface area contributed by atoms with E-state index in [1.54, 1.807) is 18.2 Å². The Bertz CT molecular complexity index is 652. The second-order valence-electron chi connectivity index (χ2n) is 6.33. The van der Waals surface area contributed by atoms with Gasteiger partial charge in [-0.1, -0.05) is 0 Å². The number of hydrogen-bond donors (Lipinski definition) is 2. The van der Waals surface area contributed by atoms with Crippen molar-refractivity contribution in [3.63, 3.8) is 0 Å². The van der Waals surface area contributed by atoms with Gasteiger partial charge in [0.05, 0.1) is 16.5 Å². The molecule has 1 heterocycles. The van der Waals surface area contributed by atoms with Crippen LogP contribution in [0.15, 0.2) is 23.1 Å². The van der Waals surface area contributed by atoms with Crippen LogP contribution in [0.25, 0.3) is 0 Å². The van der Waals surface area contributed by atoms with Gasteiger partial charge in [0, 0.05) is 10.4 Å². The molecule has 0 bridgehead atoms. The number of ether oxygens (including phenoxy) is 1. The van der Waals surface area contributed by atoms with Crippen LogP contribution < -0.4 is 10.6 Å². The summed E-state index contributed by atoms with van der Waals surface area (Å²) in [5.74, 6) is -1.06. The Morgan fingerprint density at radius 2 is 2.04 bits per heavy atom. The molecule has 1 aliphatic rings. The maximum atomic E-state index is 12.0. The summed E-state index contributed by atoms with van der Waals surface area (Å²) in [6.07, 6.45) is 0. The van der Waals surface area contributed by atoms with Gasteiger partial charge < -0.3 is 15.4 Å². The van der Waals surface area contributed by atoms with E-state index in [1.807, 2.05) is 27.7 Å². The first-order chi connectivity index (χ1) is 10.7. The van der Waals surface area contributed by atoms with Crippen LogP contribution in [0.3, 0.4) is 0 Å². The van der Waals surface area contributed by atoms with Gasteiger partial charge in [-0.15, -0.1) is 11.8 Å². The monoisotopic (exact) mass is 336 g/mol. The topological polar surface area (TPSA) is 84.5 Å². The third-order valence-electron chi connectivity index (χ3n) is 2.99. The molecule has 23 heavy (non-hydrogen) atoms. The van der Waals surface area contributed by atoms with E-state index < -0.39 is 5.97 Å². The van der Waals surface area contributed by atoms with Gasteiger partial charge in [-0.3, -0.25) is 9.59 Å². The number of amides is 2. The fourth-order valence-electron chi connectivity index (χ4n) is 2.00. The summed E-state index contributed by atoms with van der Waals surface area (Å²) in [6.45, 7) is 7.01. The van der Waals surface area contributed by atoms with Crippen molar-refractivity contribution < 1.29 is 19.1 Å². The smallest absolute Gasteiger partial charge is 0.338 e. The van der Waals surface area contributed by atoms with Crippen molar-refractivity contribution in [3.05, 3.63) is 23.8 Å². The summed E-state index contributed by atoms with van der Waals surface area (Å²) in [6, 6.07) is 4.96. The molecule has 1 atom stereocenters. The third-order valence-corrected chi connectivity index (χ3v) is 4.17. The van der Waals surface area contributed by atoms with Crippen LogP contribution >= 0.6 is 11.8 Å². The van der Waals surface area contributed by atoms with Crippen molar-refractivity contribution in [2.75, 3.05) is 11.9 Å². The fourth-order valence-corrected chi connectivity index (χ4v) is 2.93. The Labute approximate surface area is 139 Å². The van der Waals surface area contributed by atoms with Crippen LogP contribution in [0.1, 0.15) is 38.1 Å². The van der Waals surface area contributed by atoms with E-state index in [1.165, 1.54) is 11.8 Å². The van der Waals surface area contributed by atoms with Crippen LogP contribution in [0.2, 0.25) is 0 Å². The summed E-state index contributed by atoms with van der Waals surface area (Å²) in [4.78, 5) is 36.3. The maximum absolute atomic E-state index is 12.0. The van der Waals surface area contributed by atoms with Gasteiger partial charge in [0.2, 0.25) is 5.91 Å². The minimum Gasteiger partial charge on any atom is -0.452 e. The number of nitrogens with one attached hydrogen (secondary N) is 2. The molecule has 7 heteroatoms. The fraction of sp³-hybridized carbons (Fsp3) is 0.438. The summed E-state index contributed by atoms with van der Waals surface area (Å²) in [7, 11) is 0. The van der Waals surface area contributed by atoms with E-state index in [-0.39, 0.29) is 29.2 Å². The minimum atomic E-state index is -0.602. The molecule has 1 aliphatic heterocycles. The molecular formula is C16H20N2O4S. The highest BCUT2D eigenvalue weighted by molar-refractivity contribution is 8.00. The predicted molar refractivity (Wildman–Crippen MR) is 88.6 cm³/mol. The molecule has 1 aromatic carbocycles. The maximum Gasteiger partial charge on any atom is 0.338 e. The number of carbonyl (C=O) groups excluding carboxylic acids is 3. The van der Waals surface area contributed by atoms with E-state index >= 15 is 0 Å². The second kappa shape index (κ2) is 6.62. The lowest BCUT2D eigenvalue weighted by Crippen LogP contribution is -2.42. The van der Waals surface area contributed by atoms with Crippen molar-refractivity contribution in [2.45, 2.75) is 43.4 Å². The lowest BCUT2D eigenvalue weighted by Gasteiger charge is -2.22. The highest BCUT2D eigenvalue weighted by atomic mass is 32.2. The molecular weight excluding hydrogens is 316 g/mol. The molecule has 2 rings (SSSR count). The molecule has 6 nitrogen and oxygen atoms in total. The van der Waals surface area contributed by atoms with Crippen molar-refractivity contribution in [2.24, 2.45) is 0 Å². The van der Waals surface area contributed by atoms with Crippen LogP contribution in [0.5, 0.6) is 0 Å². The van der Waals surface area contributed by atoms with E-state index in [0.717, 1.165) is 4.90 Å². The molecule has 2 N–H and O–H groups in total. The Kier molecular flexibility index (Phi) is 4.99. The Balaban J connectivity index is 2.00. The number of anilines is 1. The van der Waals surface area contributed by atoms with Gasteiger partial charge in [-0.05, 0) is 45.9 Å². The van der Waals surface area contributed by atoms with Crippen molar-refractivity contribution in [1.82, 2.24) is 5.32 Å². The molecule has 0 spiro atoms. The first kappa shape index (κ1) is 17.3. The molecule has 0 saturated carbocycles. The van der Waals surface area contributed by atoms with Crippen LogP contribution in [0.4, 0.5) is 5.69 Å². The molecule has 2 amide bonds. The standard InChI is InChI=1S/C16H20N2O4S/c1-9-14(20)17-11-7-10(5-6-12(11)23-9)15(21)22-8-13(19)18-16(2,3)4/h5-7,9H,8H2,1-4H3,(H,17,20)(H,18,19). The van der Waals surface area contributed by atoms with Crippen LogP contribution in [-0.4, -0.2) is 35.2 Å². The van der Waals surface area contributed by atoms with E-state index in [4.69, 9.17) is 4.74 Å². The van der Waals surface area contributed by atoms with Gasteiger partial charge in [0.15, 0.2) is 6.61 Å². The van der Waals surface area contributed by atoms with Crippen molar-refractivity contribution >= 4 is 35.2 Å². The van der Waals surface area contributed by atoms with Crippen LogP contribution in [-0.2, 0) is 14.3 Å². The molecule has 1 aromatic rings. The number of rotatable bonds is 3. The molecule has 0 aromatic heterocycles. The summed E-state index contributed by atoms with van der Waals surface area (Å²) < 4.78 is 5.00. The highest BCUT2D eigenvalue weighted by Gasteiger charge is 2.24. The molecule has 0 aliphatic carbocycles. The van der Waals surface area contributed by atoms with E-state index in [0.29, 0.717) is 11.3 Å². The molecule has 0 saturated heterocycles. The molecule has 1 unspecified atom stereocenters. The zero-order chi connectivity index (χ0) is 17.2. The Hall–Kier alpha value is -2.02. The van der Waals surface area contributed by atoms with Gasteiger partial charge in [0.1, 0.15) is 0 Å². The SMILES string of the molecule is CC1Sc2ccc(C(=O)OCC(=O)NC(C)(C)C)cc2NC1=O. The number of esters is 1. The minimum absolute atomic E-state index is 0.0995. The first-order valence-corrected chi connectivity index (χ1v) is 8.13. The average molecular weight is 336 g/mol. The second-order valence-corrected chi connectivity index (χ2v) is 7.72. The summed E-state index contributed by atoms with van der Waals surface area (Å²) >= 11 is 1.44. The van der Waals surface area contributed by atoms with Gasteiger partial charge >= 0.3 is 5.97 Å². The highest BCUT2D eigenvalue weighted by Crippen LogP contribution is 2.35. The average Bonchev–Trinajstić information content (AvgIpc) is 2.43. The van der Waals surface area contributed by atoms with E-state index in [2.05, 4.69) is 10.6 Å². The Morgan fingerprint density at radius 3 is 2.70 bits per heavy atom. The normalized spacial score (nSPS) is 17.0. The third kappa shape index (κ3) is 4.72. The zero-order valence-electron chi connectivity index (χ0n) is 13.6. The van der Waals surface area contributed by atoms with Gasteiger partial charge in [0.25, 0.3) is 5.91 Å². The summed E-state index contributed by atoms with van der Waals surface area (Å²) in [5.41, 5.74) is 0.502. The van der Waals surface area contributed by atoms with Crippen molar-refractivity contribution in [1.29, 1.82) is 0 Å².